The lowest BCUT2D eigenvalue weighted by molar-refractivity contribution is -0.118. The van der Waals surface area contributed by atoms with Crippen molar-refractivity contribution in [2.45, 2.75) is 26.8 Å². The van der Waals surface area contributed by atoms with Crippen molar-refractivity contribution in [1.82, 2.24) is 4.57 Å². The third kappa shape index (κ3) is 3.30. The van der Waals surface area contributed by atoms with E-state index in [0.29, 0.717) is 12.3 Å². The lowest BCUT2D eigenvalue weighted by atomic mass is 10.2. The molecule has 1 atom stereocenters. The molecule has 0 saturated carbocycles. The van der Waals surface area contributed by atoms with Crippen molar-refractivity contribution in [2.24, 2.45) is 0 Å². The number of anilines is 1. The predicted molar refractivity (Wildman–Crippen MR) is 100 cm³/mol. The second-order valence-electron chi connectivity index (χ2n) is 5.78. The van der Waals surface area contributed by atoms with Crippen LogP contribution >= 0.6 is 11.3 Å². The number of ether oxygens (including phenoxy) is 1. The largest absolute Gasteiger partial charge is 0.461 e. The van der Waals surface area contributed by atoms with E-state index in [1.165, 1.54) is 11.3 Å². The summed E-state index contributed by atoms with van der Waals surface area (Å²) in [6.07, 6.45) is 0. The highest BCUT2D eigenvalue weighted by Gasteiger charge is 2.25. The highest BCUT2D eigenvalue weighted by atomic mass is 32.1. The van der Waals surface area contributed by atoms with E-state index in [1.807, 2.05) is 42.6 Å². The number of hydrogen-bond donors (Lipinski definition) is 1. The third-order valence-corrected chi connectivity index (χ3v) is 5.03. The van der Waals surface area contributed by atoms with Gasteiger partial charge in [0, 0.05) is 11.1 Å². The average Bonchev–Trinajstić information content (AvgIpc) is 3.17. The van der Waals surface area contributed by atoms with Crippen molar-refractivity contribution in [3.8, 4) is 0 Å². The minimum atomic E-state index is -0.546. The van der Waals surface area contributed by atoms with Gasteiger partial charge in [-0.15, -0.1) is 11.3 Å². The van der Waals surface area contributed by atoms with Gasteiger partial charge in [-0.05, 0) is 49.9 Å². The predicted octanol–water partition coefficient (Wildman–Crippen LogP) is 4.39. The Morgan fingerprint density at radius 1 is 1.28 bits per heavy atom. The second-order valence-corrected chi connectivity index (χ2v) is 6.68. The van der Waals surface area contributed by atoms with E-state index in [0.717, 1.165) is 21.5 Å². The smallest absolute Gasteiger partial charge is 0.355 e. The van der Waals surface area contributed by atoms with Gasteiger partial charge in [-0.1, -0.05) is 18.2 Å². The molecule has 2 heterocycles. The molecule has 0 bridgehead atoms. The zero-order valence-corrected chi connectivity index (χ0v) is 15.2. The van der Waals surface area contributed by atoms with Crippen LogP contribution in [0.15, 0.2) is 41.8 Å². The number of rotatable bonds is 5. The minimum Gasteiger partial charge on any atom is -0.461 e. The summed E-state index contributed by atoms with van der Waals surface area (Å²) in [6, 6.07) is 10.8. The number of amides is 1. The molecule has 1 aromatic carbocycles. The van der Waals surface area contributed by atoms with E-state index in [9.17, 15) is 9.59 Å². The highest BCUT2D eigenvalue weighted by Crippen LogP contribution is 2.30. The summed E-state index contributed by atoms with van der Waals surface area (Å²) in [5.74, 6) is -0.591. The van der Waals surface area contributed by atoms with Crippen LogP contribution in [0.1, 0.15) is 35.9 Å². The molecule has 25 heavy (non-hydrogen) atoms. The first kappa shape index (κ1) is 17.2. The van der Waals surface area contributed by atoms with Crippen LogP contribution in [-0.4, -0.2) is 23.1 Å². The number of carbonyl (C=O) groups is 2. The molecule has 130 valence electrons. The highest BCUT2D eigenvalue weighted by molar-refractivity contribution is 7.16. The van der Waals surface area contributed by atoms with Crippen LogP contribution in [0, 0.1) is 6.92 Å². The molecular weight excluding hydrogens is 336 g/mol. The Balaban J connectivity index is 1.95. The van der Waals surface area contributed by atoms with E-state index < -0.39 is 12.0 Å². The number of fused-ring (bicyclic) bond motifs is 1. The molecular formula is C19H20N2O3S. The van der Waals surface area contributed by atoms with Crippen molar-refractivity contribution in [3.63, 3.8) is 0 Å². The van der Waals surface area contributed by atoms with Crippen LogP contribution in [-0.2, 0) is 9.53 Å². The van der Waals surface area contributed by atoms with Crippen LogP contribution in [0.3, 0.4) is 0 Å². The van der Waals surface area contributed by atoms with E-state index in [1.54, 1.807) is 24.5 Å². The fraction of sp³-hybridized carbons (Fsp3) is 0.263. The van der Waals surface area contributed by atoms with Gasteiger partial charge in [-0.2, -0.15) is 0 Å². The topological polar surface area (TPSA) is 60.3 Å². The summed E-state index contributed by atoms with van der Waals surface area (Å²) >= 11 is 1.50. The summed E-state index contributed by atoms with van der Waals surface area (Å²) in [5.41, 5.74) is 2.16. The van der Waals surface area contributed by atoms with Crippen molar-refractivity contribution < 1.29 is 14.3 Å². The molecule has 1 N–H and O–H groups in total. The van der Waals surface area contributed by atoms with Gasteiger partial charge in [0.25, 0.3) is 0 Å². The van der Waals surface area contributed by atoms with Crippen LogP contribution in [0.2, 0.25) is 0 Å². The van der Waals surface area contributed by atoms with E-state index in [2.05, 4.69) is 5.32 Å². The maximum absolute atomic E-state index is 12.8. The van der Waals surface area contributed by atoms with Crippen molar-refractivity contribution in [1.29, 1.82) is 0 Å². The molecule has 0 aliphatic rings. The molecule has 0 spiro atoms. The Hall–Kier alpha value is -2.60. The van der Waals surface area contributed by atoms with Crippen LogP contribution in [0.5, 0.6) is 0 Å². The summed E-state index contributed by atoms with van der Waals surface area (Å²) < 4.78 is 6.90. The van der Waals surface area contributed by atoms with Crippen LogP contribution in [0.25, 0.3) is 10.2 Å². The molecule has 0 radical (unpaired) electrons. The van der Waals surface area contributed by atoms with Gasteiger partial charge in [0.15, 0.2) is 0 Å². The average molecular weight is 356 g/mol. The molecule has 3 aromatic rings. The summed E-state index contributed by atoms with van der Waals surface area (Å²) in [5, 5.41) is 5.83. The van der Waals surface area contributed by atoms with E-state index in [4.69, 9.17) is 4.74 Å². The normalized spacial score (nSPS) is 12.1. The Bertz CT molecular complexity index is 926. The number of hydrogen-bond acceptors (Lipinski definition) is 4. The van der Waals surface area contributed by atoms with Gasteiger partial charge in [0.2, 0.25) is 5.91 Å². The van der Waals surface area contributed by atoms with Gasteiger partial charge in [0.05, 0.1) is 6.61 Å². The number of nitrogens with one attached hydrogen (secondary N) is 1. The monoisotopic (exact) mass is 356 g/mol. The molecule has 1 amide bonds. The lowest BCUT2D eigenvalue weighted by Gasteiger charge is -2.18. The Kier molecular flexibility index (Phi) is 4.90. The molecule has 0 fully saturated rings. The number of thiophene rings is 1. The van der Waals surface area contributed by atoms with Gasteiger partial charge >= 0.3 is 5.97 Å². The quantitative estimate of drug-likeness (QED) is 0.690. The summed E-state index contributed by atoms with van der Waals surface area (Å²) in [4.78, 5) is 26.0. The number of benzene rings is 1. The maximum atomic E-state index is 12.8. The van der Waals surface area contributed by atoms with Gasteiger partial charge in [-0.3, -0.25) is 4.79 Å². The molecule has 6 heteroatoms. The van der Waals surface area contributed by atoms with Crippen molar-refractivity contribution in [3.05, 3.63) is 53.0 Å². The van der Waals surface area contributed by atoms with Crippen molar-refractivity contribution >= 4 is 39.1 Å². The Labute approximate surface area is 150 Å². The minimum absolute atomic E-state index is 0.175. The summed E-state index contributed by atoms with van der Waals surface area (Å²) in [7, 11) is 0. The molecule has 3 rings (SSSR count). The lowest BCUT2D eigenvalue weighted by Crippen LogP contribution is -2.26. The zero-order valence-electron chi connectivity index (χ0n) is 14.4. The van der Waals surface area contributed by atoms with Crippen LogP contribution in [0.4, 0.5) is 5.69 Å². The van der Waals surface area contributed by atoms with Gasteiger partial charge in [0.1, 0.15) is 16.6 Å². The maximum Gasteiger partial charge on any atom is 0.355 e. The van der Waals surface area contributed by atoms with E-state index in [-0.39, 0.29) is 5.91 Å². The number of aryl methyl sites for hydroxylation is 1. The molecule has 0 saturated heterocycles. The zero-order chi connectivity index (χ0) is 18.0. The molecule has 1 unspecified atom stereocenters. The second kappa shape index (κ2) is 7.11. The number of carbonyl (C=O) groups excluding carboxylic acids is 2. The first-order valence-electron chi connectivity index (χ1n) is 8.15. The number of aromatic nitrogens is 1. The fourth-order valence-corrected chi connectivity index (χ4v) is 3.73. The molecule has 5 nitrogen and oxygen atoms in total. The molecule has 0 aliphatic heterocycles. The fourth-order valence-electron chi connectivity index (χ4n) is 2.76. The van der Waals surface area contributed by atoms with Gasteiger partial charge < -0.3 is 14.6 Å². The standard InChI is InChI=1S/C19H20N2O3S/c1-4-24-19(23)16-11-14-9-10-25-18(14)21(16)13(3)17(22)20-15-8-6-5-7-12(15)2/h5-11,13H,4H2,1-3H3,(H,20,22). The molecule has 0 aliphatic carbocycles. The molecule has 2 aromatic heterocycles. The Morgan fingerprint density at radius 3 is 2.76 bits per heavy atom. The number of para-hydroxylation sites is 1. The number of nitrogens with zero attached hydrogens (tertiary/aromatic N) is 1. The first-order valence-corrected chi connectivity index (χ1v) is 9.03. The van der Waals surface area contributed by atoms with Crippen molar-refractivity contribution in [2.75, 3.05) is 11.9 Å². The third-order valence-electron chi connectivity index (χ3n) is 4.10. The van der Waals surface area contributed by atoms with Crippen LogP contribution < -0.4 is 5.32 Å². The van der Waals surface area contributed by atoms with E-state index >= 15 is 0 Å². The summed E-state index contributed by atoms with van der Waals surface area (Å²) in [6.45, 7) is 5.79. The Morgan fingerprint density at radius 2 is 2.04 bits per heavy atom. The SMILES string of the molecule is CCOC(=O)c1cc2ccsc2n1C(C)C(=O)Nc1ccccc1C. The van der Waals surface area contributed by atoms with Gasteiger partial charge in [-0.25, -0.2) is 4.79 Å². The first-order chi connectivity index (χ1) is 12.0. The number of esters is 1.